The minimum Gasteiger partial charge on any atom is -0.481 e. The number of piperidine rings is 1. The molecule has 0 aromatic heterocycles. The maximum absolute atomic E-state index is 14.0. The van der Waals surface area contributed by atoms with Gasteiger partial charge >= 0.3 is 6.03 Å². The summed E-state index contributed by atoms with van der Waals surface area (Å²) in [5.41, 5.74) is 2.67. The lowest BCUT2D eigenvalue weighted by Crippen LogP contribution is -2.40. The fourth-order valence-electron chi connectivity index (χ4n) is 3.79. The molecule has 2 aromatic carbocycles. The largest absolute Gasteiger partial charge is 0.481 e. The Bertz CT molecular complexity index is 934. The summed E-state index contributed by atoms with van der Waals surface area (Å²) in [5, 5.41) is 15.5. The van der Waals surface area contributed by atoms with Gasteiger partial charge in [0.15, 0.2) is 0 Å². The number of carbonyl (C=O) groups is 1. The lowest BCUT2D eigenvalue weighted by Gasteiger charge is -2.34. The number of nitrogens with zero attached hydrogens (tertiary/aromatic N) is 1. The molecule has 1 heterocycles. The molecule has 3 rings (SSSR count). The Labute approximate surface area is 188 Å². The summed E-state index contributed by atoms with van der Waals surface area (Å²) in [7, 11) is 0. The van der Waals surface area contributed by atoms with Gasteiger partial charge in [0, 0.05) is 30.9 Å². The minimum absolute atomic E-state index is 0.228. The summed E-state index contributed by atoms with van der Waals surface area (Å²) in [4.78, 5) is 14.5. The maximum atomic E-state index is 14.0. The minimum atomic E-state index is -0.375. The molecule has 7 heteroatoms. The average molecular weight is 440 g/mol. The van der Waals surface area contributed by atoms with Crippen LogP contribution in [0.25, 0.3) is 0 Å². The SMILES string of the molecule is C#CCOc1ccc(CCNC(=O)NC(C)c2cc(F)ccc2N2CCC(O)CC2)cc1. The number of hydrogen-bond donors (Lipinski definition) is 3. The average Bonchev–Trinajstić information content (AvgIpc) is 2.79. The molecule has 1 saturated heterocycles. The van der Waals surface area contributed by atoms with Gasteiger partial charge in [-0.3, -0.25) is 0 Å². The Morgan fingerprint density at radius 3 is 2.69 bits per heavy atom. The summed E-state index contributed by atoms with van der Waals surface area (Å²) in [6.07, 6.45) is 6.91. The van der Waals surface area contributed by atoms with Crippen LogP contribution in [-0.4, -0.2) is 43.5 Å². The van der Waals surface area contributed by atoms with Gasteiger partial charge in [-0.05, 0) is 62.1 Å². The molecule has 6 nitrogen and oxygen atoms in total. The van der Waals surface area contributed by atoms with E-state index in [4.69, 9.17) is 11.2 Å². The quantitative estimate of drug-likeness (QED) is 0.551. The predicted octanol–water partition coefficient (Wildman–Crippen LogP) is 3.40. The molecular formula is C25H30FN3O3. The number of anilines is 1. The second-order valence-corrected chi connectivity index (χ2v) is 7.93. The van der Waals surface area contributed by atoms with Gasteiger partial charge in [0.25, 0.3) is 0 Å². The highest BCUT2D eigenvalue weighted by atomic mass is 19.1. The van der Waals surface area contributed by atoms with E-state index in [0.29, 0.717) is 44.6 Å². The van der Waals surface area contributed by atoms with Crippen molar-refractivity contribution in [3.05, 3.63) is 59.4 Å². The van der Waals surface area contributed by atoms with Crippen LogP contribution in [0.3, 0.4) is 0 Å². The molecule has 1 fully saturated rings. The van der Waals surface area contributed by atoms with Crippen LogP contribution in [0.1, 0.15) is 36.9 Å². The van der Waals surface area contributed by atoms with Crippen LogP contribution in [0.4, 0.5) is 14.9 Å². The summed E-state index contributed by atoms with van der Waals surface area (Å²) in [6, 6.07) is 11.5. The Morgan fingerprint density at radius 2 is 2.00 bits per heavy atom. The van der Waals surface area contributed by atoms with Crippen molar-refractivity contribution in [2.45, 2.75) is 38.3 Å². The Morgan fingerprint density at radius 1 is 1.28 bits per heavy atom. The van der Waals surface area contributed by atoms with Crippen LogP contribution in [0, 0.1) is 18.2 Å². The van der Waals surface area contributed by atoms with Crippen LogP contribution in [-0.2, 0) is 6.42 Å². The van der Waals surface area contributed by atoms with E-state index in [2.05, 4.69) is 21.5 Å². The number of aliphatic hydroxyl groups is 1. The summed E-state index contributed by atoms with van der Waals surface area (Å²) >= 11 is 0. The molecule has 1 aliphatic heterocycles. The summed E-state index contributed by atoms with van der Waals surface area (Å²) in [5.74, 6) is 2.79. The molecule has 0 radical (unpaired) electrons. The number of amides is 2. The zero-order valence-electron chi connectivity index (χ0n) is 18.3. The van der Waals surface area contributed by atoms with E-state index in [-0.39, 0.29) is 30.6 Å². The van der Waals surface area contributed by atoms with E-state index in [1.54, 1.807) is 6.07 Å². The van der Waals surface area contributed by atoms with Gasteiger partial charge in [0.1, 0.15) is 18.2 Å². The van der Waals surface area contributed by atoms with Crippen molar-refractivity contribution in [3.8, 4) is 18.1 Å². The maximum Gasteiger partial charge on any atom is 0.315 e. The van der Waals surface area contributed by atoms with Crippen molar-refractivity contribution in [1.29, 1.82) is 0 Å². The smallest absolute Gasteiger partial charge is 0.315 e. The molecular weight excluding hydrogens is 409 g/mol. The van der Waals surface area contributed by atoms with Gasteiger partial charge in [-0.1, -0.05) is 18.1 Å². The van der Waals surface area contributed by atoms with Gasteiger partial charge in [0.05, 0.1) is 12.1 Å². The Hall–Kier alpha value is -3.24. The van der Waals surface area contributed by atoms with Gasteiger partial charge in [0.2, 0.25) is 0 Å². The van der Waals surface area contributed by atoms with E-state index in [9.17, 15) is 14.3 Å². The highest BCUT2D eigenvalue weighted by Gasteiger charge is 2.22. The molecule has 0 spiro atoms. The third-order valence-corrected chi connectivity index (χ3v) is 5.55. The van der Waals surface area contributed by atoms with Crippen LogP contribution >= 0.6 is 0 Å². The molecule has 170 valence electrons. The first kappa shape index (κ1) is 23.4. The predicted molar refractivity (Wildman–Crippen MR) is 123 cm³/mol. The molecule has 1 atom stereocenters. The van der Waals surface area contributed by atoms with Gasteiger partial charge < -0.3 is 25.4 Å². The Kier molecular flexibility index (Phi) is 8.34. The van der Waals surface area contributed by atoms with Crippen molar-refractivity contribution >= 4 is 11.7 Å². The van der Waals surface area contributed by atoms with E-state index < -0.39 is 0 Å². The van der Waals surface area contributed by atoms with Crippen molar-refractivity contribution in [2.75, 3.05) is 31.1 Å². The normalized spacial score (nSPS) is 15.0. The van der Waals surface area contributed by atoms with E-state index >= 15 is 0 Å². The first-order valence-corrected chi connectivity index (χ1v) is 10.9. The van der Waals surface area contributed by atoms with Gasteiger partial charge in [-0.2, -0.15) is 0 Å². The van der Waals surface area contributed by atoms with Crippen molar-refractivity contribution in [3.63, 3.8) is 0 Å². The standard InChI is InChI=1S/C25H30FN3O3/c1-3-16-32-22-7-4-19(5-8-22)10-13-27-25(31)28-18(2)23-17-20(26)6-9-24(23)29-14-11-21(30)12-15-29/h1,4-9,17-18,21,30H,10-16H2,2H3,(H2,27,28,31). The van der Waals surface area contributed by atoms with Crippen molar-refractivity contribution in [2.24, 2.45) is 0 Å². The molecule has 3 N–H and O–H groups in total. The monoisotopic (exact) mass is 439 g/mol. The Balaban J connectivity index is 1.52. The third-order valence-electron chi connectivity index (χ3n) is 5.55. The van der Waals surface area contributed by atoms with Crippen LogP contribution in [0.15, 0.2) is 42.5 Å². The van der Waals surface area contributed by atoms with E-state index in [1.165, 1.54) is 12.1 Å². The number of rotatable bonds is 8. The van der Waals surface area contributed by atoms with Crippen molar-refractivity contribution in [1.82, 2.24) is 10.6 Å². The molecule has 32 heavy (non-hydrogen) atoms. The molecule has 2 aromatic rings. The fraction of sp³-hybridized carbons (Fsp3) is 0.400. The van der Waals surface area contributed by atoms with E-state index in [1.807, 2.05) is 31.2 Å². The number of benzene rings is 2. The molecule has 0 bridgehead atoms. The number of urea groups is 1. The zero-order chi connectivity index (χ0) is 22.9. The number of ether oxygens (including phenoxy) is 1. The summed E-state index contributed by atoms with van der Waals surface area (Å²) in [6.45, 7) is 3.93. The van der Waals surface area contributed by atoms with Crippen LogP contribution in [0.5, 0.6) is 5.75 Å². The van der Waals surface area contributed by atoms with Crippen LogP contribution < -0.4 is 20.3 Å². The second-order valence-electron chi connectivity index (χ2n) is 7.93. The molecule has 1 unspecified atom stereocenters. The van der Waals surface area contributed by atoms with Gasteiger partial charge in [-0.15, -0.1) is 6.42 Å². The topological polar surface area (TPSA) is 73.8 Å². The number of halogens is 1. The first-order chi connectivity index (χ1) is 15.5. The zero-order valence-corrected chi connectivity index (χ0v) is 18.3. The van der Waals surface area contributed by atoms with Gasteiger partial charge in [-0.25, -0.2) is 9.18 Å². The number of nitrogens with one attached hydrogen (secondary N) is 2. The van der Waals surface area contributed by atoms with E-state index in [0.717, 1.165) is 16.8 Å². The number of aliphatic hydroxyl groups excluding tert-OH is 1. The van der Waals surface area contributed by atoms with Crippen molar-refractivity contribution < 1.29 is 19.0 Å². The highest BCUT2D eigenvalue weighted by molar-refractivity contribution is 5.75. The molecule has 0 aliphatic carbocycles. The fourth-order valence-corrected chi connectivity index (χ4v) is 3.79. The molecule has 1 aliphatic rings. The lowest BCUT2D eigenvalue weighted by molar-refractivity contribution is 0.145. The number of terminal acetylenes is 1. The highest BCUT2D eigenvalue weighted by Crippen LogP contribution is 2.29. The summed E-state index contributed by atoms with van der Waals surface area (Å²) < 4.78 is 19.3. The second kappa shape index (κ2) is 11.4. The molecule has 0 saturated carbocycles. The first-order valence-electron chi connectivity index (χ1n) is 10.9. The third kappa shape index (κ3) is 6.63. The van der Waals surface area contributed by atoms with Crippen LogP contribution in [0.2, 0.25) is 0 Å². The lowest BCUT2D eigenvalue weighted by atomic mass is 10.0. The number of carbonyl (C=O) groups excluding carboxylic acids is 1. The number of hydrogen-bond acceptors (Lipinski definition) is 4. The molecule has 2 amide bonds.